The topological polar surface area (TPSA) is 115 Å². The van der Waals surface area contributed by atoms with Crippen LogP contribution < -0.4 is 20.1 Å². The minimum atomic E-state index is -0.354. The predicted octanol–water partition coefficient (Wildman–Crippen LogP) is 3.56. The Hall–Kier alpha value is -2.70. The molecular weight excluding hydrogens is 446 g/mol. The summed E-state index contributed by atoms with van der Waals surface area (Å²) in [6.07, 6.45) is 0.0647. The zero-order valence-electron chi connectivity index (χ0n) is 16.4. The molecule has 0 radical (unpaired) electrons. The number of ether oxygens (including phenoxy) is 2. The molecule has 0 aliphatic rings. The van der Waals surface area contributed by atoms with E-state index < -0.39 is 0 Å². The Kier molecular flexibility index (Phi) is 7.60. The monoisotopic (exact) mass is 465 g/mol. The standard InChI is InChI=1S/C18H19N5O4S3/c1-4-28-18-23-22-17(30-18)20-14(24)7-11-9-29-16(19-11)21-15(25)10-5-12(26-2)8-13(6-10)27-3/h5-6,8-9H,4,7H2,1-3H3,(H,19,21,25)(H,20,22,24). The molecule has 0 saturated heterocycles. The number of methoxy groups -OCH3 is 2. The van der Waals surface area contributed by atoms with Crippen LogP contribution in [0.2, 0.25) is 0 Å². The third-order valence-corrected chi connectivity index (χ3v) is 6.31. The summed E-state index contributed by atoms with van der Waals surface area (Å²) in [4.78, 5) is 29.0. The Balaban J connectivity index is 1.59. The van der Waals surface area contributed by atoms with Crippen LogP contribution in [-0.2, 0) is 11.2 Å². The van der Waals surface area contributed by atoms with Crippen molar-refractivity contribution in [3.8, 4) is 11.5 Å². The molecule has 12 heteroatoms. The summed E-state index contributed by atoms with van der Waals surface area (Å²) in [7, 11) is 3.03. The maximum Gasteiger partial charge on any atom is 0.257 e. The number of nitrogens with zero attached hydrogens (tertiary/aromatic N) is 3. The highest BCUT2D eigenvalue weighted by Crippen LogP contribution is 2.26. The zero-order valence-corrected chi connectivity index (χ0v) is 18.9. The summed E-state index contributed by atoms with van der Waals surface area (Å²) in [5, 5.41) is 15.9. The predicted molar refractivity (Wildman–Crippen MR) is 118 cm³/mol. The van der Waals surface area contributed by atoms with Gasteiger partial charge < -0.3 is 14.8 Å². The molecule has 9 nitrogen and oxygen atoms in total. The van der Waals surface area contributed by atoms with Crippen molar-refractivity contribution < 1.29 is 19.1 Å². The lowest BCUT2D eigenvalue weighted by molar-refractivity contribution is -0.115. The van der Waals surface area contributed by atoms with E-state index in [-0.39, 0.29) is 18.2 Å². The number of hydrogen-bond donors (Lipinski definition) is 2. The first-order valence-electron chi connectivity index (χ1n) is 8.75. The van der Waals surface area contributed by atoms with Crippen molar-refractivity contribution in [3.63, 3.8) is 0 Å². The largest absolute Gasteiger partial charge is 0.497 e. The second-order valence-corrected chi connectivity index (χ2v) is 9.08. The molecule has 2 amide bonds. The molecule has 0 bridgehead atoms. The SMILES string of the molecule is CCSc1nnc(NC(=O)Cc2csc(NC(=O)c3cc(OC)cc(OC)c3)n2)s1. The summed E-state index contributed by atoms with van der Waals surface area (Å²) in [5.74, 6) is 1.30. The van der Waals surface area contributed by atoms with Gasteiger partial charge in [-0.3, -0.25) is 14.9 Å². The number of thioether (sulfide) groups is 1. The first kappa shape index (κ1) is 22.0. The van der Waals surface area contributed by atoms with Gasteiger partial charge in [-0.25, -0.2) is 4.98 Å². The number of anilines is 2. The molecule has 0 spiro atoms. The smallest absolute Gasteiger partial charge is 0.257 e. The molecule has 0 aliphatic heterocycles. The zero-order chi connectivity index (χ0) is 21.5. The molecule has 2 heterocycles. The van der Waals surface area contributed by atoms with Gasteiger partial charge in [0.1, 0.15) is 11.5 Å². The van der Waals surface area contributed by atoms with E-state index in [1.165, 1.54) is 36.9 Å². The summed E-state index contributed by atoms with van der Waals surface area (Å²) in [6.45, 7) is 2.02. The maximum atomic E-state index is 12.5. The van der Waals surface area contributed by atoms with Gasteiger partial charge in [-0.2, -0.15) is 0 Å². The molecule has 158 valence electrons. The number of nitrogens with one attached hydrogen (secondary N) is 2. The van der Waals surface area contributed by atoms with Crippen molar-refractivity contribution in [1.29, 1.82) is 0 Å². The number of thiazole rings is 1. The van der Waals surface area contributed by atoms with Crippen molar-refractivity contribution in [3.05, 3.63) is 34.8 Å². The summed E-state index contributed by atoms with van der Waals surface area (Å²) in [5.41, 5.74) is 0.918. The maximum absolute atomic E-state index is 12.5. The lowest BCUT2D eigenvalue weighted by atomic mass is 10.2. The number of hydrogen-bond acceptors (Lipinski definition) is 10. The van der Waals surface area contributed by atoms with E-state index in [0.717, 1.165) is 10.1 Å². The van der Waals surface area contributed by atoms with E-state index in [9.17, 15) is 9.59 Å². The van der Waals surface area contributed by atoms with Crippen LogP contribution in [-0.4, -0.2) is 47.0 Å². The molecule has 0 saturated carbocycles. The Morgan fingerprint density at radius 1 is 1.07 bits per heavy atom. The van der Waals surface area contributed by atoms with Crippen LogP contribution >= 0.6 is 34.4 Å². The van der Waals surface area contributed by atoms with E-state index in [1.807, 2.05) is 6.92 Å². The first-order valence-corrected chi connectivity index (χ1v) is 11.4. The first-order chi connectivity index (χ1) is 14.5. The number of benzene rings is 1. The summed E-state index contributed by atoms with van der Waals surface area (Å²) < 4.78 is 11.2. The van der Waals surface area contributed by atoms with E-state index in [4.69, 9.17) is 9.47 Å². The van der Waals surface area contributed by atoms with E-state index in [1.54, 1.807) is 35.3 Å². The van der Waals surface area contributed by atoms with Crippen molar-refractivity contribution in [2.45, 2.75) is 17.7 Å². The third kappa shape index (κ3) is 5.90. The Morgan fingerprint density at radius 2 is 1.80 bits per heavy atom. The highest BCUT2D eigenvalue weighted by atomic mass is 32.2. The molecule has 3 aromatic rings. The Morgan fingerprint density at radius 3 is 2.47 bits per heavy atom. The van der Waals surface area contributed by atoms with Crippen molar-refractivity contribution in [2.75, 3.05) is 30.6 Å². The van der Waals surface area contributed by atoms with Gasteiger partial charge >= 0.3 is 0 Å². The molecule has 0 atom stereocenters. The van der Waals surface area contributed by atoms with Gasteiger partial charge in [-0.05, 0) is 17.9 Å². The van der Waals surface area contributed by atoms with E-state index >= 15 is 0 Å². The molecule has 3 rings (SSSR count). The van der Waals surface area contributed by atoms with Crippen LogP contribution in [0.1, 0.15) is 23.0 Å². The lowest BCUT2D eigenvalue weighted by Crippen LogP contribution is -2.15. The molecular formula is C18H19N5O4S3. The van der Waals surface area contributed by atoms with Gasteiger partial charge in [0.2, 0.25) is 11.0 Å². The Bertz CT molecular complexity index is 1010. The second kappa shape index (κ2) is 10.4. The third-order valence-electron chi connectivity index (χ3n) is 3.65. The minimum Gasteiger partial charge on any atom is -0.497 e. The average molecular weight is 466 g/mol. The van der Waals surface area contributed by atoms with Crippen molar-refractivity contribution >= 4 is 56.5 Å². The van der Waals surface area contributed by atoms with Crippen LogP contribution in [0.5, 0.6) is 11.5 Å². The molecule has 2 N–H and O–H groups in total. The second-order valence-electron chi connectivity index (χ2n) is 5.73. The minimum absolute atomic E-state index is 0.0647. The Labute approximate surface area is 185 Å². The van der Waals surface area contributed by atoms with Gasteiger partial charge in [0.05, 0.1) is 26.3 Å². The lowest BCUT2D eigenvalue weighted by Gasteiger charge is -2.08. The van der Waals surface area contributed by atoms with E-state index in [2.05, 4.69) is 25.8 Å². The summed E-state index contributed by atoms with van der Waals surface area (Å²) >= 11 is 4.13. The van der Waals surface area contributed by atoms with Crippen LogP contribution in [0.25, 0.3) is 0 Å². The van der Waals surface area contributed by atoms with E-state index in [0.29, 0.717) is 33.0 Å². The number of amides is 2. The van der Waals surface area contributed by atoms with Crippen LogP contribution in [0.4, 0.5) is 10.3 Å². The van der Waals surface area contributed by atoms with Crippen LogP contribution in [0.15, 0.2) is 27.9 Å². The molecule has 0 fully saturated rings. The fourth-order valence-corrected chi connectivity index (χ4v) is 4.69. The van der Waals surface area contributed by atoms with Gasteiger partial charge in [-0.15, -0.1) is 21.5 Å². The molecule has 1 aromatic carbocycles. The number of aromatic nitrogens is 3. The fourth-order valence-electron chi connectivity index (χ4n) is 2.32. The van der Waals surface area contributed by atoms with Crippen molar-refractivity contribution in [1.82, 2.24) is 15.2 Å². The summed E-state index contributed by atoms with van der Waals surface area (Å²) in [6, 6.07) is 4.89. The highest BCUT2D eigenvalue weighted by molar-refractivity contribution is 8.01. The van der Waals surface area contributed by atoms with Gasteiger partial charge in [0, 0.05) is 17.0 Å². The molecule has 2 aromatic heterocycles. The van der Waals surface area contributed by atoms with Gasteiger partial charge in [0.25, 0.3) is 5.91 Å². The fraction of sp³-hybridized carbons (Fsp3) is 0.278. The van der Waals surface area contributed by atoms with Gasteiger partial charge in [-0.1, -0.05) is 30.0 Å². The van der Waals surface area contributed by atoms with Gasteiger partial charge in [0.15, 0.2) is 9.47 Å². The highest BCUT2D eigenvalue weighted by Gasteiger charge is 2.14. The van der Waals surface area contributed by atoms with Crippen LogP contribution in [0.3, 0.4) is 0 Å². The average Bonchev–Trinajstić information content (AvgIpc) is 3.36. The molecule has 30 heavy (non-hydrogen) atoms. The normalized spacial score (nSPS) is 10.5. The van der Waals surface area contributed by atoms with Crippen LogP contribution in [0, 0.1) is 0 Å². The molecule has 0 aliphatic carbocycles. The molecule has 0 unspecified atom stereocenters. The number of rotatable bonds is 9. The number of carbonyl (C=O) groups excluding carboxylic acids is 2. The number of carbonyl (C=O) groups is 2. The quantitative estimate of drug-likeness (QED) is 0.364. The van der Waals surface area contributed by atoms with Crippen molar-refractivity contribution in [2.24, 2.45) is 0 Å².